The third-order valence-corrected chi connectivity index (χ3v) is 3.57. The molecule has 0 aromatic heterocycles. The molecule has 1 aromatic rings. The summed E-state index contributed by atoms with van der Waals surface area (Å²) < 4.78 is 5.27. The van der Waals surface area contributed by atoms with Gasteiger partial charge in [-0.05, 0) is 24.3 Å². The highest BCUT2D eigenvalue weighted by Crippen LogP contribution is 2.24. The second-order valence-electron chi connectivity index (χ2n) is 5.04. The largest absolute Gasteiger partial charge is 0.508 e. The van der Waals surface area contributed by atoms with Gasteiger partial charge in [-0.2, -0.15) is 0 Å². The molecule has 0 amide bonds. The second kappa shape index (κ2) is 6.50. The van der Waals surface area contributed by atoms with Crippen LogP contribution in [0.1, 0.15) is 16.8 Å². The molecule has 0 spiro atoms. The summed E-state index contributed by atoms with van der Waals surface area (Å²) in [5, 5.41) is 47.4. The Bertz CT molecular complexity index is 485. The molecule has 1 heterocycles. The summed E-state index contributed by atoms with van der Waals surface area (Å²) in [6.45, 7) is -0.533. The van der Waals surface area contributed by atoms with Crippen molar-refractivity contribution < 1.29 is 35.1 Å². The zero-order chi connectivity index (χ0) is 15.6. The zero-order valence-electron chi connectivity index (χ0n) is 11.2. The predicted molar refractivity (Wildman–Crippen MR) is 70.8 cm³/mol. The first kappa shape index (κ1) is 15.9. The number of aliphatic hydroxyl groups excluding tert-OH is 4. The maximum Gasteiger partial charge on any atom is 0.165 e. The van der Waals surface area contributed by atoms with E-state index in [1.165, 1.54) is 24.3 Å². The van der Waals surface area contributed by atoms with Crippen LogP contribution in [-0.4, -0.2) is 68.4 Å². The van der Waals surface area contributed by atoms with Crippen LogP contribution in [-0.2, 0) is 4.74 Å². The van der Waals surface area contributed by atoms with Crippen LogP contribution in [0.4, 0.5) is 0 Å². The number of ether oxygens (including phenoxy) is 1. The molecule has 1 fully saturated rings. The summed E-state index contributed by atoms with van der Waals surface area (Å²) in [7, 11) is 0. The number of aromatic hydroxyl groups is 1. The number of phenols is 1. The Morgan fingerprint density at radius 3 is 2.14 bits per heavy atom. The first-order chi connectivity index (χ1) is 9.93. The Morgan fingerprint density at radius 1 is 1.00 bits per heavy atom. The molecule has 116 valence electrons. The molecule has 0 aliphatic carbocycles. The Balaban J connectivity index is 2.07. The maximum absolute atomic E-state index is 12.1. The van der Waals surface area contributed by atoms with Crippen LogP contribution >= 0.6 is 0 Å². The van der Waals surface area contributed by atoms with Crippen LogP contribution in [0, 0.1) is 0 Å². The van der Waals surface area contributed by atoms with Crippen molar-refractivity contribution in [3.8, 4) is 5.75 Å². The van der Waals surface area contributed by atoms with Crippen molar-refractivity contribution >= 4 is 5.78 Å². The number of carbonyl (C=O) groups is 1. The normalized spacial score (nSPS) is 32.9. The fraction of sp³-hybridized carbons (Fsp3) is 0.500. The number of aliphatic hydroxyl groups is 4. The van der Waals surface area contributed by atoms with Crippen LogP contribution < -0.4 is 0 Å². The highest BCUT2D eigenvalue weighted by atomic mass is 16.5. The van der Waals surface area contributed by atoms with E-state index in [9.17, 15) is 20.1 Å². The number of carbonyl (C=O) groups excluding carboxylic acids is 1. The monoisotopic (exact) mass is 298 g/mol. The van der Waals surface area contributed by atoms with Crippen molar-refractivity contribution in [2.45, 2.75) is 36.9 Å². The molecule has 1 aliphatic rings. The molecular formula is C14H18O7. The van der Waals surface area contributed by atoms with Crippen molar-refractivity contribution in [2.24, 2.45) is 0 Å². The summed E-state index contributed by atoms with van der Waals surface area (Å²) in [4.78, 5) is 12.1. The van der Waals surface area contributed by atoms with E-state index in [1.54, 1.807) is 0 Å². The van der Waals surface area contributed by atoms with Crippen molar-refractivity contribution in [3.05, 3.63) is 29.8 Å². The quantitative estimate of drug-likeness (QED) is 0.442. The van der Waals surface area contributed by atoms with Gasteiger partial charge in [0.15, 0.2) is 5.78 Å². The maximum atomic E-state index is 12.1. The molecule has 7 heteroatoms. The number of hydrogen-bond donors (Lipinski definition) is 5. The van der Waals surface area contributed by atoms with Gasteiger partial charge in [-0.3, -0.25) is 4.79 Å². The van der Waals surface area contributed by atoms with Gasteiger partial charge in [-0.25, -0.2) is 0 Å². The molecule has 0 radical (unpaired) electrons. The third kappa shape index (κ3) is 3.39. The van der Waals surface area contributed by atoms with Gasteiger partial charge in [-0.1, -0.05) is 0 Å². The fourth-order valence-corrected chi connectivity index (χ4v) is 2.30. The first-order valence-corrected chi connectivity index (χ1v) is 6.56. The summed E-state index contributed by atoms with van der Waals surface area (Å²) in [5.41, 5.74) is 0.324. The summed E-state index contributed by atoms with van der Waals surface area (Å²) in [5.74, 6) is -0.321. The lowest BCUT2D eigenvalue weighted by molar-refractivity contribution is -0.227. The molecule has 5 N–H and O–H groups in total. The van der Waals surface area contributed by atoms with E-state index in [0.29, 0.717) is 5.56 Å². The molecule has 0 unspecified atom stereocenters. The van der Waals surface area contributed by atoms with Crippen molar-refractivity contribution in [3.63, 3.8) is 0 Å². The van der Waals surface area contributed by atoms with Gasteiger partial charge in [0, 0.05) is 12.0 Å². The number of ketones is 1. The fourth-order valence-electron chi connectivity index (χ4n) is 2.30. The summed E-state index contributed by atoms with van der Waals surface area (Å²) in [6.07, 6.45) is -6.63. The lowest BCUT2D eigenvalue weighted by atomic mass is 9.91. The molecule has 1 aliphatic heterocycles. The van der Waals surface area contributed by atoms with Crippen molar-refractivity contribution in [2.75, 3.05) is 6.61 Å². The van der Waals surface area contributed by atoms with Crippen molar-refractivity contribution in [1.82, 2.24) is 0 Å². The Hall–Kier alpha value is -1.51. The molecule has 21 heavy (non-hydrogen) atoms. The Kier molecular flexibility index (Phi) is 4.92. The van der Waals surface area contributed by atoms with E-state index in [2.05, 4.69) is 0 Å². The van der Waals surface area contributed by atoms with E-state index in [-0.39, 0.29) is 18.0 Å². The van der Waals surface area contributed by atoms with Crippen LogP contribution in [0.15, 0.2) is 24.3 Å². The summed E-state index contributed by atoms with van der Waals surface area (Å²) in [6, 6.07) is 5.59. The SMILES string of the molecule is O=C(C[C@@H]1O[C@H](CO)[C@@H](O)[C@H](O)[C@H]1O)c1ccc(O)cc1. The third-order valence-electron chi connectivity index (χ3n) is 3.57. The number of Topliss-reactive ketones (excluding diaryl/α,β-unsaturated/α-hetero) is 1. The number of rotatable bonds is 4. The topological polar surface area (TPSA) is 127 Å². The lowest BCUT2D eigenvalue weighted by Gasteiger charge is -2.39. The van der Waals surface area contributed by atoms with Gasteiger partial charge < -0.3 is 30.3 Å². The van der Waals surface area contributed by atoms with Gasteiger partial charge >= 0.3 is 0 Å². The minimum absolute atomic E-state index is 0.0272. The molecule has 7 nitrogen and oxygen atoms in total. The Labute approximate surface area is 121 Å². The summed E-state index contributed by atoms with van der Waals surface area (Å²) >= 11 is 0. The molecular weight excluding hydrogens is 280 g/mol. The van der Waals surface area contributed by atoms with Gasteiger partial charge in [-0.15, -0.1) is 0 Å². The van der Waals surface area contributed by atoms with Gasteiger partial charge in [0.25, 0.3) is 0 Å². The van der Waals surface area contributed by atoms with Crippen LogP contribution in [0.3, 0.4) is 0 Å². The second-order valence-corrected chi connectivity index (χ2v) is 5.04. The molecule has 0 bridgehead atoms. The predicted octanol–water partition coefficient (Wildman–Crippen LogP) is -1.19. The number of hydrogen-bond acceptors (Lipinski definition) is 7. The van der Waals surface area contributed by atoms with Crippen molar-refractivity contribution in [1.29, 1.82) is 0 Å². The number of benzene rings is 1. The van der Waals surface area contributed by atoms with E-state index in [4.69, 9.17) is 14.9 Å². The average molecular weight is 298 g/mol. The van der Waals surface area contributed by atoms with Gasteiger partial charge in [0.2, 0.25) is 0 Å². The standard InChI is InChI=1S/C14H18O7/c15-6-11-13(19)14(20)12(18)10(21-11)5-9(17)7-1-3-8(16)4-2-7/h1-4,10-16,18-20H,5-6H2/t10-,11+,12-,13+,14+/m0/s1. The molecule has 1 saturated heterocycles. The molecule has 1 aromatic carbocycles. The van der Waals surface area contributed by atoms with Crippen LogP contribution in [0.2, 0.25) is 0 Å². The highest BCUT2D eigenvalue weighted by Gasteiger charge is 2.43. The van der Waals surface area contributed by atoms with Gasteiger partial charge in [0.1, 0.15) is 30.2 Å². The van der Waals surface area contributed by atoms with Crippen LogP contribution in [0.25, 0.3) is 0 Å². The first-order valence-electron chi connectivity index (χ1n) is 6.56. The molecule has 2 rings (SSSR count). The number of phenolic OH excluding ortho intramolecular Hbond substituents is 1. The molecule has 5 atom stereocenters. The van der Waals surface area contributed by atoms with E-state index < -0.39 is 37.1 Å². The minimum atomic E-state index is -1.49. The zero-order valence-corrected chi connectivity index (χ0v) is 11.2. The lowest BCUT2D eigenvalue weighted by Crippen LogP contribution is -2.58. The molecule has 0 saturated carbocycles. The minimum Gasteiger partial charge on any atom is -0.508 e. The van der Waals surface area contributed by atoms with Gasteiger partial charge in [0.05, 0.1) is 12.7 Å². The average Bonchev–Trinajstić information content (AvgIpc) is 2.48. The Morgan fingerprint density at radius 2 is 1.57 bits per heavy atom. The van der Waals surface area contributed by atoms with E-state index in [0.717, 1.165) is 0 Å². The van der Waals surface area contributed by atoms with Crippen LogP contribution in [0.5, 0.6) is 5.75 Å². The smallest absolute Gasteiger partial charge is 0.165 e. The highest BCUT2D eigenvalue weighted by molar-refractivity contribution is 5.96. The van der Waals surface area contributed by atoms with E-state index >= 15 is 0 Å². The van der Waals surface area contributed by atoms with E-state index in [1.807, 2.05) is 0 Å².